The fraction of sp³-hybridized carbons (Fsp3) is 0.400. The van der Waals surface area contributed by atoms with Gasteiger partial charge in [-0.05, 0) is 0 Å². The fourth-order valence-electron chi connectivity index (χ4n) is 0.550. The lowest BCUT2D eigenvalue weighted by Gasteiger charge is -1.81. The molecule has 1 aromatic heterocycles. The number of nitrogens with one attached hydrogen (secondary N) is 1. The molecule has 54 valence electrons. The number of carbonyl (C=O) groups excluding carboxylic acids is 1. The molecule has 0 atom stereocenters. The van der Waals surface area contributed by atoms with E-state index in [1.807, 2.05) is 0 Å². The number of aromatic amines is 1. The Kier molecular flexibility index (Phi) is 1.99. The molecule has 10 heavy (non-hydrogen) atoms. The van der Waals surface area contributed by atoms with E-state index in [0.29, 0.717) is 12.8 Å². The van der Waals surface area contributed by atoms with Crippen LogP contribution in [0.2, 0.25) is 0 Å². The molecular formula is C5H6N2O3. The lowest BCUT2D eigenvalue weighted by atomic mass is 10.3. The minimum Gasteiger partial charge on any atom is -0.392 e. The number of hydrogen-bond acceptors (Lipinski definition) is 4. The van der Waals surface area contributed by atoms with Crippen molar-refractivity contribution < 1.29 is 9.21 Å². The smallest absolute Gasteiger partial charge is 0.392 e. The van der Waals surface area contributed by atoms with Crippen LogP contribution in [0.4, 0.5) is 0 Å². The topological polar surface area (TPSA) is 76.0 Å². The molecular weight excluding hydrogens is 136 g/mol. The van der Waals surface area contributed by atoms with E-state index in [1.54, 1.807) is 0 Å². The van der Waals surface area contributed by atoms with Crippen LogP contribution in [0, 0.1) is 0 Å². The van der Waals surface area contributed by atoms with Crippen LogP contribution in [0.15, 0.2) is 9.21 Å². The summed E-state index contributed by atoms with van der Waals surface area (Å²) in [5, 5.41) is 5.58. The summed E-state index contributed by atoms with van der Waals surface area (Å²) in [7, 11) is 0. The number of carbonyl (C=O) groups is 1. The molecule has 0 aliphatic carbocycles. The normalized spacial score (nSPS) is 9.60. The lowest BCUT2D eigenvalue weighted by molar-refractivity contribution is -0.107. The maximum Gasteiger partial charge on any atom is 0.434 e. The minimum atomic E-state index is -0.583. The fourth-order valence-corrected chi connectivity index (χ4v) is 0.550. The Bertz CT molecular complexity index is 262. The standard InChI is InChI=1S/C5H6N2O3/c8-3-1-2-4-6-7-5(9)10-4/h3H,1-2H2,(H,7,9). The predicted octanol–water partition coefficient (Wildman–Crippen LogP) is -0.506. The third kappa shape index (κ3) is 1.54. The quantitative estimate of drug-likeness (QED) is 0.577. The van der Waals surface area contributed by atoms with E-state index in [4.69, 9.17) is 0 Å². The third-order valence-corrected chi connectivity index (χ3v) is 0.958. The number of H-pyrrole nitrogens is 1. The zero-order chi connectivity index (χ0) is 7.40. The van der Waals surface area contributed by atoms with Crippen LogP contribution < -0.4 is 5.76 Å². The average molecular weight is 142 g/mol. The van der Waals surface area contributed by atoms with E-state index in [9.17, 15) is 9.59 Å². The van der Waals surface area contributed by atoms with E-state index in [1.165, 1.54) is 0 Å². The van der Waals surface area contributed by atoms with Gasteiger partial charge in [-0.1, -0.05) is 0 Å². The molecule has 0 bridgehead atoms. The molecule has 1 rings (SSSR count). The molecule has 5 heteroatoms. The van der Waals surface area contributed by atoms with Gasteiger partial charge in [-0.15, -0.1) is 5.10 Å². The lowest BCUT2D eigenvalue weighted by Crippen LogP contribution is -1.93. The molecule has 5 nitrogen and oxygen atoms in total. The van der Waals surface area contributed by atoms with Crippen molar-refractivity contribution in [3.05, 3.63) is 16.4 Å². The van der Waals surface area contributed by atoms with Crippen molar-refractivity contribution in [3.8, 4) is 0 Å². The minimum absolute atomic E-state index is 0.275. The van der Waals surface area contributed by atoms with Gasteiger partial charge in [0.15, 0.2) is 0 Å². The number of aldehydes is 1. The van der Waals surface area contributed by atoms with Crippen LogP contribution in [0.25, 0.3) is 0 Å². The number of aromatic nitrogens is 2. The van der Waals surface area contributed by atoms with Gasteiger partial charge >= 0.3 is 5.76 Å². The highest BCUT2D eigenvalue weighted by molar-refractivity contribution is 5.49. The van der Waals surface area contributed by atoms with E-state index >= 15 is 0 Å². The van der Waals surface area contributed by atoms with Crippen molar-refractivity contribution in [3.63, 3.8) is 0 Å². The van der Waals surface area contributed by atoms with Crippen molar-refractivity contribution in [1.29, 1.82) is 0 Å². The van der Waals surface area contributed by atoms with Gasteiger partial charge in [0.25, 0.3) is 0 Å². The zero-order valence-electron chi connectivity index (χ0n) is 5.16. The van der Waals surface area contributed by atoms with Crippen molar-refractivity contribution in [2.75, 3.05) is 0 Å². The van der Waals surface area contributed by atoms with E-state index in [-0.39, 0.29) is 5.89 Å². The summed E-state index contributed by atoms with van der Waals surface area (Å²) in [4.78, 5) is 20.1. The molecule has 0 spiro atoms. The van der Waals surface area contributed by atoms with E-state index in [0.717, 1.165) is 6.29 Å². The molecule has 1 aromatic rings. The van der Waals surface area contributed by atoms with Crippen LogP contribution >= 0.6 is 0 Å². The first-order valence-corrected chi connectivity index (χ1v) is 2.81. The van der Waals surface area contributed by atoms with Crippen LogP contribution in [0.3, 0.4) is 0 Å². The van der Waals surface area contributed by atoms with Gasteiger partial charge in [0.05, 0.1) is 0 Å². The molecule has 0 fully saturated rings. The largest absolute Gasteiger partial charge is 0.434 e. The van der Waals surface area contributed by atoms with Crippen molar-refractivity contribution in [2.45, 2.75) is 12.8 Å². The maximum absolute atomic E-state index is 10.3. The Balaban J connectivity index is 2.58. The number of hydrogen-bond donors (Lipinski definition) is 1. The second-order valence-electron chi connectivity index (χ2n) is 1.71. The van der Waals surface area contributed by atoms with E-state index in [2.05, 4.69) is 14.6 Å². The monoisotopic (exact) mass is 142 g/mol. The first kappa shape index (κ1) is 6.73. The van der Waals surface area contributed by atoms with Crippen molar-refractivity contribution >= 4 is 6.29 Å². The summed E-state index contributed by atoms with van der Waals surface area (Å²) in [6, 6.07) is 0. The number of nitrogens with zero attached hydrogens (tertiary/aromatic N) is 1. The third-order valence-electron chi connectivity index (χ3n) is 0.958. The van der Waals surface area contributed by atoms with Crippen LogP contribution in [0.1, 0.15) is 12.3 Å². The molecule has 0 unspecified atom stereocenters. The summed E-state index contributed by atoms with van der Waals surface area (Å²) < 4.78 is 4.50. The molecule has 1 heterocycles. The average Bonchev–Trinajstić information content (AvgIpc) is 2.31. The molecule has 0 aliphatic heterocycles. The SMILES string of the molecule is O=CCCc1n[nH]c(=O)o1. The number of aryl methyl sites for hydroxylation is 1. The van der Waals surface area contributed by atoms with Crippen molar-refractivity contribution in [2.24, 2.45) is 0 Å². The van der Waals surface area contributed by atoms with Crippen molar-refractivity contribution in [1.82, 2.24) is 10.2 Å². The van der Waals surface area contributed by atoms with Crippen LogP contribution in [0.5, 0.6) is 0 Å². The molecule has 0 radical (unpaired) electrons. The summed E-state index contributed by atoms with van der Waals surface area (Å²) in [6.07, 6.45) is 1.45. The second kappa shape index (κ2) is 2.95. The van der Waals surface area contributed by atoms with Gasteiger partial charge in [0.1, 0.15) is 6.29 Å². The molecule has 0 saturated carbocycles. The van der Waals surface area contributed by atoms with E-state index < -0.39 is 5.76 Å². The highest BCUT2D eigenvalue weighted by Crippen LogP contribution is 1.90. The molecule has 0 aliphatic rings. The van der Waals surface area contributed by atoms with Gasteiger partial charge in [0.2, 0.25) is 5.89 Å². The zero-order valence-corrected chi connectivity index (χ0v) is 5.16. The highest BCUT2D eigenvalue weighted by atomic mass is 16.4. The molecule has 0 amide bonds. The van der Waals surface area contributed by atoms with Crippen LogP contribution in [-0.4, -0.2) is 16.5 Å². The van der Waals surface area contributed by atoms with Gasteiger partial charge < -0.3 is 9.21 Å². The Labute approximate surface area is 56.1 Å². The summed E-state index contributed by atoms with van der Waals surface area (Å²) in [5.41, 5.74) is 0. The Morgan fingerprint density at radius 2 is 2.50 bits per heavy atom. The van der Waals surface area contributed by atoms with Gasteiger partial charge in [-0.3, -0.25) is 0 Å². The Morgan fingerprint density at radius 3 is 3.00 bits per heavy atom. The Morgan fingerprint density at radius 1 is 1.70 bits per heavy atom. The predicted molar refractivity (Wildman–Crippen MR) is 31.5 cm³/mol. The summed E-state index contributed by atoms with van der Waals surface area (Å²) >= 11 is 0. The van der Waals surface area contributed by atoms with Crippen LogP contribution in [-0.2, 0) is 11.2 Å². The van der Waals surface area contributed by atoms with Gasteiger partial charge in [-0.25, -0.2) is 9.89 Å². The molecule has 0 aromatic carbocycles. The second-order valence-corrected chi connectivity index (χ2v) is 1.71. The van der Waals surface area contributed by atoms with Gasteiger partial charge in [-0.2, -0.15) is 0 Å². The summed E-state index contributed by atoms with van der Waals surface area (Å²) in [6.45, 7) is 0. The summed E-state index contributed by atoms with van der Waals surface area (Å²) in [5.74, 6) is -0.307. The van der Waals surface area contributed by atoms with Gasteiger partial charge in [0, 0.05) is 12.8 Å². The Hall–Kier alpha value is -1.39. The highest BCUT2D eigenvalue weighted by Gasteiger charge is 1.98. The molecule has 1 N–H and O–H groups in total. The first-order valence-electron chi connectivity index (χ1n) is 2.81. The maximum atomic E-state index is 10.3. The number of rotatable bonds is 3. The molecule has 0 saturated heterocycles. The first-order chi connectivity index (χ1) is 4.83.